The Morgan fingerprint density at radius 2 is 2.30 bits per heavy atom. The minimum atomic E-state index is -0.403. The second kappa shape index (κ2) is 7.41. The molecule has 3 heterocycles. The van der Waals surface area contributed by atoms with Crippen molar-refractivity contribution < 1.29 is 18.7 Å². The average molecular weight is 334 g/mol. The SMILES string of the molecule is O=C(OCCN1CCCCCC1=O)c1cnc(-c2ccoc2)s1. The van der Waals surface area contributed by atoms with Crippen LogP contribution in [0.3, 0.4) is 0 Å². The van der Waals surface area contributed by atoms with Crippen molar-refractivity contribution in [2.45, 2.75) is 25.7 Å². The second-order valence-corrected chi connectivity index (χ2v) is 6.40. The van der Waals surface area contributed by atoms with E-state index in [0.29, 0.717) is 22.9 Å². The second-order valence-electron chi connectivity index (χ2n) is 5.37. The number of likely N-dealkylation sites (tertiary alicyclic amines) is 1. The third kappa shape index (κ3) is 3.98. The van der Waals surface area contributed by atoms with E-state index >= 15 is 0 Å². The van der Waals surface area contributed by atoms with E-state index in [2.05, 4.69) is 4.98 Å². The van der Waals surface area contributed by atoms with Gasteiger partial charge in [-0.2, -0.15) is 0 Å². The minimum absolute atomic E-state index is 0.151. The summed E-state index contributed by atoms with van der Waals surface area (Å²) in [7, 11) is 0. The molecule has 23 heavy (non-hydrogen) atoms. The summed E-state index contributed by atoms with van der Waals surface area (Å²) in [6.45, 7) is 1.42. The van der Waals surface area contributed by atoms with Gasteiger partial charge in [0.05, 0.1) is 19.0 Å². The molecule has 1 fully saturated rings. The highest BCUT2D eigenvalue weighted by Crippen LogP contribution is 2.25. The van der Waals surface area contributed by atoms with Crippen molar-refractivity contribution in [3.05, 3.63) is 29.7 Å². The van der Waals surface area contributed by atoms with Gasteiger partial charge in [0.15, 0.2) is 0 Å². The number of carbonyl (C=O) groups excluding carboxylic acids is 2. The fourth-order valence-electron chi connectivity index (χ4n) is 2.48. The lowest BCUT2D eigenvalue weighted by Gasteiger charge is -2.19. The van der Waals surface area contributed by atoms with Gasteiger partial charge in [-0.1, -0.05) is 6.42 Å². The molecule has 0 atom stereocenters. The number of carbonyl (C=O) groups is 2. The first-order chi connectivity index (χ1) is 11.2. The Morgan fingerprint density at radius 3 is 3.13 bits per heavy atom. The Kier molecular flexibility index (Phi) is 5.07. The monoisotopic (exact) mass is 334 g/mol. The summed E-state index contributed by atoms with van der Waals surface area (Å²) >= 11 is 1.26. The number of hydrogen-bond acceptors (Lipinski definition) is 6. The molecule has 0 N–H and O–H groups in total. The quantitative estimate of drug-likeness (QED) is 0.786. The van der Waals surface area contributed by atoms with Gasteiger partial charge in [0, 0.05) is 18.5 Å². The van der Waals surface area contributed by atoms with Crippen molar-refractivity contribution in [1.29, 1.82) is 0 Å². The lowest BCUT2D eigenvalue weighted by Crippen LogP contribution is -2.33. The van der Waals surface area contributed by atoms with Crippen molar-refractivity contribution in [2.24, 2.45) is 0 Å². The van der Waals surface area contributed by atoms with Crippen molar-refractivity contribution in [2.75, 3.05) is 19.7 Å². The van der Waals surface area contributed by atoms with E-state index in [1.807, 2.05) is 0 Å². The van der Waals surface area contributed by atoms with Gasteiger partial charge >= 0.3 is 5.97 Å². The molecule has 2 aromatic heterocycles. The fraction of sp³-hybridized carbons (Fsp3) is 0.438. The van der Waals surface area contributed by atoms with Crippen molar-refractivity contribution in [1.82, 2.24) is 9.88 Å². The van der Waals surface area contributed by atoms with E-state index < -0.39 is 5.97 Å². The normalized spacial score (nSPS) is 15.5. The summed E-state index contributed by atoms with van der Waals surface area (Å²) in [5, 5.41) is 0.716. The topological polar surface area (TPSA) is 72.6 Å². The number of nitrogens with zero attached hydrogens (tertiary/aromatic N) is 2. The summed E-state index contributed by atoms with van der Waals surface area (Å²) in [5.74, 6) is -0.252. The molecule has 6 nitrogen and oxygen atoms in total. The molecule has 0 bridgehead atoms. The number of esters is 1. The van der Waals surface area contributed by atoms with Crippen LogP contribution < -0.4 is 0 Å². The fourth-order valence-corrected chi connectivity index (χ4v) is 3.28. The maximum atomic E-state index is 12.0. The summed E-state index contributed by atoms with van der Waals surface area (Å²) in [5.41, 5.74) is 0.837. The molecule has 1 aliphatic rings. The van der Waals surface area contributed by atoms with Crippen LogP contribution in [0, 0.1) is 0 Å². The summed E-state index contributed by atoms with van der Waals surface area (Å²) < 4.78 is 10.3. The van der Waals surface area contributed by atoms with E-state index in [1.54, 1.807) is 23.5 Å². The van der Waals surface area contributed by atoms with Crippen LogP contribution in [0.4, 0.5) is 0 Å². The molecule has 2 aromatic rings. The first kappa shape index (κ1) is 15.7. The van der Waals surface area contributed by atoms with Gasteiger partial charge in [0.25, 0.3) is 0 Å². The Labute approximate surface area is 138 Å². The van der Waals surface area contributed by atoms with Crippen LogP contribution in [-0.4, -0.2) is 41.5 Å². The molecule has 0 spiro atoms. The first-order valence-corrected chi connectivity index (χ1v) is 8.49. The number of furan rings is 1. The maximum Gasteiger partial charge on any atom is 0.350 e. The van der Waals surface area contributed by atoms with Gasteiger partial charge in [0.1, 0.15) is 22.8 Å². The predicted molar refractivity (Wildman–Crippen MR) is 85.1 cm³/mol. The Bertz CT molecular complexity index is 665. The molecule has 0 aromatic carbocycles. The van der Waals surface area contributed by atoms with Crippen LogP contribution in [0.1, 0.15) is 35.4 Å². The molecule has 3 rings (SSSR count). The third-order valence-corrected chi connectivity index (χ3v) is 4.77. The Hall–Kier alpha value is -2.15. The van der Waals surface area contributed by atoms with Gasteiger partial charge in [-0.05, 0) is 18.9 Å². The smallest absolute Gasteiger partial charge is 0.350 e. The van der Waals surface area contributed by atoms with E-state index in [4.69, 9.17) is 9.15 Å². The highest BCUT2D eigenvalue weighted by atomic mass is 32.1. The summed E-state index contributed by atoms with van der Waals surface area (Å²) in [6, 6.07) is 1.79. The number of amides is 1. The molecule has 0 saturated carbocycles. The molecular weight excluding hydrogens is 316 g/mol. The van der Waals surface area contributed by atoms with Crippen LogP contribution in [0.15, 0.2) is 29.2 Å². The molecule has 122 valence electrons. The summed E-state index contributed by atoms with van der Waals surface area (Å²) in [6.07, 6.45) is 8.30. The Balaban J connectivity index is 1.50. The lowest BCUT2D eigenvalue weighted by atomic mass is 10.2. The van der Waals surface area contributed by atoms with Gasteiger partial charge in [0.2, 0.25) is 5.91 Å². The number of thiazole rings is 1. The van der Waals surface area contributed by atoms with Crippen LogP contribution in [0.5, 0.6) is 0 Å². The number of ether oxygens (including phenoxy) is 1. The average Bonchev–Trinajstić information content (AvgIpc) is 3.19. The molecule has 1 amide bonds. The highest BCUT2D eigenvalue weighted by molar-refractivity contribution is 7.16. The minimum Gasteiger partial charge on any atom is -0.472 e. The van der Waals surface area contributed by atoms with Gasteiger partial charge < -0.3 is 14.1 Å². The highest BCUT2D eigenvalue weighted by Gasteiger charge is 2.18. The van der Waals surface area contributed by atoms with Crippen molar-refractivity contribution in [3.63, 3.8) is 0 Å². The molecule has 1 aliphatic heterocycles. The standard InChI is InChI=1S/C16H18N2O4S/c19-14-4-2-1-3-6-18(14)7-9-22-16(20)13-10-17-15(23-13)12-5-8-21-11-12/h5,8,10-11H,1-4,6-7,9H2. The predicted octanol–water partition coefficient (Wildman–Crippen LogP) is 2.96. The number of hydrogen-bond donors (Lipinski definition) is 0. The Morgan fingerprint density at radius 1 is 1.39 bits per heavy atom. The van der Waals surface area contributed by atoms with Crippen molar-refractivity contribution >= 4 is 23.2 Å². The first-order valence-electron chi connectivity index (χ1n) is 7.67. The van der Waals surface area contributed by atoms with E-state index in [-0.39, 0.29) is 12.5 Å². The molecule has 0 unspecified atom stereocenters. The van der Waals surface area contributed by atoms with Crippen LogP contribution in [-0.2, 0) is 9.53 Å². The molecule has 1 saturated heterocycles. The van der Waals surface area contributed by atoms with E-state index in [9.17, 15) is 9.59 Å². The number of aromatic nitrogens is 1. The van der Waals surface area contributed by atoms with Gasteiger partial charge in [-0.15, -0.1) is 11.3 Å². The maximum absolute atomic E-state index is 12.0. The zero-order chi connectivity index (χ0) is 16.1. The van der Waals surface area contributed by atoms with Crippen LogP contribution in [0.2, 0.25) is 0 Å². The zero-order valence-electron chi connectivity index (χ0n) is 12.7. The van der Waals surface area contributed by atoms with E-state index in [1.165, 1.54) is 17.5 Å². The molecule has 0 radical (unpaired) electrons. The lowest BCUT2D eigenvalue weighted by molar-refractivity contribution is -0.131. The van der Waals surface area contributed by atoms with Crippen LogP contribution in [0.25, 0.3) is 10.6 Å². The van der Waals surface area contributed by atoms with Gasteiger partial charge in [-0.3, -0.25) is 4.79 Å². The summed E-state index contributed by atoms with van der Waals surface area (Å²) in [4.78, 5) is 30.3. The van der Waals surface area contributed by atoms with E-state index in [0.717, 1.165) is 31.4 Å². The molecule has 0 aliphatic carbocycles. The molecular formula is C16H18N2O4S. The largest absolute Gasteiger partial charge is 0.472 e. The van der Waals surface area contributed by atoms with Crippen molar-refractivity contribution in [3.8, 4) is 10.6 Å². The van der Waals surface area contributed by atoms with Gasteiger partial charge in [-0.25, -0.2) is 9.78 Å². The number of rotatable bonds is 5. The molecule has 7 heteroatoms. The van der Waals surface area contributed by atoms with Crippen LogP contribution >= 0.6 is 11.3 Å². The third-order valence-electron chi connectivity index (χ3n) is 3.74. The zero-order valence-corrected chi connectivity index (χ0v) is 13.5.